The fourth-order valence-electron chi connectivity index (χ4n) is 2.28. The molecule has 3 rings (SSSR count). The van der Waals surface area contributed by atoms with Crippen molar-refractivity contribution in [3.8, 4) is 18.1 Å². The first kappa shape index (κ1) is 15.0. The van der Waals surface area contributed by atoms with Crippen LogP contribution in [0.3, 0.4) is 0 Å². The molecular formula is C17H14N4OS. The standard InChI is InChI=1S/C17H14N4OS/c1-3-10-22-16-9-8-13-6-4-5-7-14(13)15(16)11-18-21-12(2)19-20-17(21)23/h1,4-9,11H,10H2,2H3,(H,20,23)/b18-11-. The van der Waals surface area contributed by atoms with Crippen LogP contribution in [0.1, 0.15) is 11.4 Å². The highest BCUT2D eigenvalue weighted by atomic mass is 32.1. The Balaban J connectivity index is 2.13. The molecule has 0 radical (unpaired) electrons. The van der Waals surface area contributed by atoms with Crippen molar-refractivity contribution in [3.63, 3.8) is 0 Å². The molecule has 0 amide bonds. The van der Waals surface area contributed by atoms with Gasteiger partial charge in [0.05, 0.1) is 6.21 Å². The number of nitrogens with zero attached hydrogens (tertiary/aromatic N) is 3. The molecular weight excluding hydrogens is 308 g/mol. The molecule has 0 bridgehead atoms. The highest BCUT2D eigenvalue weighted by Crippen LogP contribution is 2.26. The molecule has 5 nitrogen and oxygen atoms in total. The first-order chi connectivity index (χ1) is 11.2. The number of benzene rings is 2. The first-order valence-electron chi connectivity index (χ1n) is 6.97. The Morgan fingerprint density at radius 2 is 2.22 bits per heavy atom. The van der Waals surface area contributed by atoms with Gasteiger partial charge < -0.3 is 4.74 Å². The topological polar surface area (TPSA) is 55.2 Å². The number of hydrogen-bond acceptors (Lipinski definition) is 4. The molecule has 6 heteroatoms. The third-order valence-electron chi connectivity index (χ3n) is 3.36. The molecule has 23 heavy (non-hydrogen) atoms. The number of terminal acetylenes is 1. The van der Waals surface area contributed by atoms with Gasteiger partial charge in [-0.05, 0) is 36.0 Å². The van der Waals surface area contributed by atoms with Crippen LogP contribution in [-0.2, 0) is 0 Å². The molecule has 0 aliphatic rings. The molecule has 114 valence electrons. The molecule has 0 aliphatic heterocycles. The van der Waals surface area contributed by atoms with Crippen LogP contribution in [0.4, 0.5) is 0 Å². The second-order valence-corrected chi connectivity index (χ2v) is 5.21. The summed E-state index contributed by atoms with van der Waals surface area (Å²) in [6, 6.07) is 11.9. The molecule has 0 spiro atoms. The lowest BCUT2D eigenvalue weighted by Crippen LogP contribution is -2.00. The number of rotatable bonds is 4. The molecule has 2 aromatic carbocycles. The van der Waals surface area contributed by atoms with E-state index < -0.39 is 0 Å². The van der Waals surface area contributed by atoms with Crippen LogP contribution < -0.4 is 4.74 Å². The van der Waals surface area contributed by atoms with Crippen molar-refractivity contribution in [2.75, 3.05) is 6.61 Å². The second-order valence-electron chi connectivity index (χ2n) is 4.82. The summed E-state index contributed by atoms with van der Waals surface area (Å²) in [5, 5.41) is 13.3. The summed E-state index contributed by atoms with van der Waals surface area (Å²) in [6.45, 7) is 2.02. The average molecular weight is 322 g/mol. The van der Waals surface area contributed by atoms with E-state index >= 15 is 0 Å². The highest BCUT2D eigenvalue weighted by molar-refractivity contribution is 7.71. The van der Waals surface area contributed by atoms with E-state index in [0.29, 0.717) is 16.3 Å². The van der Waals surface area contributed by atoms with Gasteiger partial charge in [0.2, 0.25) is 4.77 Å². The molecule has 1 aromatic heterocycles. The molecule has 3 aromatic rings. The molecule has 0 saturated heterocycles. The van der Waals surface area contributed by atoms with Gasteiger partial charge in [-0.1, -0.05) is 36.3 Å². The number of nitrogens with one attached hydrogen (secondary N) is 1. The molecule has 0 fully saturated rings. The van der Waals surface area contributed by atoms with E-state index in [1.54, 1.807) is 10.9 Å². The van der Waals surface area contributed by atoms with E-state index in [9.17, 15) is 0 Å². The number of aromatic amines is 1. The van der Waals surface area contributed by atoms with Gasteiger partial charge in [-0.15, -0.1) is 6.42 Å². The summed E-state index contributed by atoms with van der Waals surface area (Å²) in [4.78, 5) is 0. The van der Waals surface area contributed by atoms with Crippen molar-refractivity contribution in [3.05, 3.63) is 52.6 Å². The van der Waals surface area contributed by atoms with Gasteiger partial charge in [0.1, 0.15) is 18.2 Å². The summed E-state index contributed by atoms with van der Waals surface area (Å²) in [7, 11) is 0. The maximum absolute atomic E-state index is 5.64. The maximum atomic E-state index is 5.64. The predicted molar refractivity (Wildman–Crippen MR) is 93.4 cm³/mol. The van der Waals surface area contributed by atoms with Crippen molar-refractivity contribution < 1.29 is 4.74 Å². The van der Waals surface area contributed by atoms with Crippen LogP contribution in [-0.4, -0.2) is 27.7 Å². The van der Waals surface area contributed by atoms with Gasteiger partial charge in [0.25, 0.3) is 0 Å². The Labute approximate surface area is 138 Å². The third-order valence-corrected chi connectivity index (χ3v) is 3.62. The van der Waals surface area contributed by atoms with Crippen molar-refractivity contribution in [1.29, 1.82) is 0 Å². The summed E-state index contributed by atoms with van der Waals surface area (Å²) < 4.78 is 7.63. The molecule has 0 atom stereocenters. The smallest absolute Gasteiger partial charge is 0.216 e. The first-order valence-corrected chi connectivity index (χ1v) is 7.38. The molecule has 1 N–H and O–H groups in total. The SMILES string of the molecule is C#CCOc1ccc2ccccc2c1/C=N\n1c(C)n[nH]c1=S. The lowest BCUT2D eigenvalue weighted by atomic mass is 10.0. The zero-order valence-electron chi connectivity index (χ0n) is 12.5. The minimum Gasteiger partial charge on any atom is -0.480 e. The fourth-order valence-corrected chi connectivity index (χ4v) is 2.50. The second kappa shape index (κ2) is 6.46. The van der Waals surface area contributed by atoms with Crippen LogP contribution >= 0.6 is 12.2 Å². The van der Waals surface area contributed by atoms with E-state index in [4.69, 9.17) is 23.4 Å². The van der Waals surface area contributed by atoms with Crippen molar-refractivity contribution >= 4 is 29.2 Å². The minimum atomic E-state index is 0.198. The highest BCUT2D eigenvalue weighted by Gasteiger charge is 2.07. The predicted octanol–water partition coefficient (Wildman–Crippen LogP) is 3.30. The number of ether oxygens (including phenoxy) is 1. The van der Waals surface area contributed by atoms with Gasteiger partial charge in [-0.25, -0.2) is 0 Å². The van der Waals surface area contributed by atoms with E-state index in [1.165, 1.54) is 0 Å². The van der Waals surface area contributed by atoms with Crippen LogP contribution in [0.5, 0.6) is 5.75 Å². The van der Waals surface area contributed by atoms with Crippen LogP contribution in [0.15, 0.2) is 41.5 Å². The Bertz CT molecular complexity index is 978. The summed E-state index contributed by atoms with van der Waals surface area (Å²) >= 11 is 5.16. The normalized spacial score (nSPS) is 11.0. The largest absolute Gasteiger partial charge is 0.480 e. The van der Waals surface area contributed by atoms with E-state index in [0.717, 1.165) is 16.3 Å². The van der Waals surface area contributed by atoms with Crippen LogP contribution in [0.25, 0.3) is 10.8 Å². The number of hydrogen-bond donors (Lipinski definition) is 1. The Kier molecular flexibility index (Phi) is 4.22. The number of aromatic nitrogens is 3. The van der Waals surface area contributed by atoms with Gasteiger partial charge >= 0.3 is 0 Å². The monoisotopic (exact) mass is 322 g/mol. The maximum Gasteiger partial charge on any atom is 0.216 e. The third kappa shape index (κ3) is 3.00. The van der Waals surface area contributed by atoms with Crippen molar-refractivity contribution in [2.24, 2.45) is 5.10 Å². The summed E-state index contributed by atoms with van der Waals surface area (Å²) in [6.07, 6.45) is 7.01. The zero-order chi connectivity index (χ0) is 16.2. The van der Waals surface area contributed by atoms with Gasteiger partial charge in [-0.3, -0.25) is 5.10 Å². The Morgan fingerprint density at radius 1 is 1.39 bits per heavy atom. The lowest BCUT2D eigenvalue weighted by molar-refractivity contribution is 0.370. The number of H-pyrrole nitrogens is 1. The van der Waals surface area contributed by atoms with Gasteiger partial charge in [-0.2, -0.15) is 14.9 Å². The quantitative estimate of drug-likeness (QED) is 0.455. The average Bonchev–Trinajstić information content (AvgIpc) is 2.89. The zero-order valence-corrected chi connectivity index (χ0v) is 13.3. The molecule has 0 saturated carbocycles. The van der Waals surface area contributed by atoms with Crippen LogP contribution in [0, 0.1) is 24.0 Å². The van der Waals surface area contributed by atoms with Crippen molar-refractivity contribution in [1.82, 2.24) is 14.9 Å². The molecule has 0 aliphatic carbocycles. The molecule has 1 heterocycles. The van der Waals surface area contributed by atoms with Crippen molar-refractivity contribution in [2.45, 2.75) is 6.92 Å². The number of fused-ring (bicyclic) bond motifs is 1. The van der Waals surface area contributed by atoms with E-state index in [-0.39, 0.29) is 6.61 Å². The van der Waals surface area contributed by atoms with Crippen LogP contribution in [0.2, 0.25) is 0 Å². The van der Waals surface area contributed by atoms with Gasteiger partial charge in [0.15, 0.2) is 0 Å². The minimum absolute atomic E-state index is 0.198. The summed E-state index contributed by atoms with van der Waals surface area (Å²) in [5.74, 6) is 3.83. The molecule has 0 unspecified atom stereocenters. The fraction of sp³-hybridized carbons (Fsp3) is 0.118. The Hall–Kier alpha value is -2.91. The van der Waals surface area contributed by atoms with Gasteiger partial charge in [0, 0.05) is 5.56 Å². The summed E-state index contributed by atoms with van der Waals surface area (Å²) in [5.41, 5.74) is 0.848. The number of aryl methyl sites for hydroxylation is 1. The van der Waals surface area contributed by atoms with E-state index in [2.05, 4.69) is 21.2 Å². The lowest BCUT2D eigenvalue weighted by Gasteiger charge is -2.09. The van der Waals surface area contributed by atoms with E-state index in [1.807, 2.05) is 43.3 Å². The Morgan fingerprint density at radius 3 is 2.96 bits per heavy atom.